The zero-order chi connectivity index (χ0) is 12.6. The van der Waals surface area contributed by atoms with Crippen molar-refractivity contribution in [1.29, 1.82) is 0 Å². The molecule has 0 aliphatic rings. The molecule has 0 aliphatic carbocycles. The van der Waals surface area contributed by atoms with Gasteiger partial charge in [0.05, 0.1) is 12.7 Å². The lowest BCUT2D eigenvalue weighted by molar-refractivity contribution is 0.0725. The smallest absolute Gasteiger partial charge is 0.0773 e. The molecule has 2 N–H and O–H groups in total. The summed E-state index contributed by atoms with van der Waals surface area (Å²) in [5.74, 6) is 2.04. The zero-order valence-electron chi connectivity index (χ0n) is 11.4. The number of aliphatic hydroxyl groups is 2. The second-order valence-corrected chi connectivity index (χ2v) is 5.65. The highest BCUT2D eigenvalue weighted by Crippen LogP contribution is 2.24. The second-order valence-electron chi connectivity index (χ2n) is 5.65. The number of hydrogen-bond acceptors (Lipinski definition) is 2. The quantitative estimate of drug-likeness (QED) is 0.638. The maximum absolute atomic E-state index is 9.36. The largest absolute Gasteiger partial charge is 0.394 e. The lowest BCUT2D eigenvalue weighted by Gasteiger charge is -2.21. The summed E-state index contributed by atoms with van der Waals surface area (Å²) >= 11 is 0. The van der Waals surface area contributed by atoms with E-state index in [0.29, 0.717) is 5.92 Å². The van der Waals surface area contributed by atoms with E-state index >= 15 is 0 Å². The first-order chi connectivity index (χ1) is 7.49. The molecule has 2 nitrogen and oxygen atoms in total. The minimum Gasteiger partial charge on any atom is -0.394 e. The summed E-state index contributed by atoms with van der Waals surface area (Å²) in [4.78, 5) is 0. The average molecular weight is 230 g/mol. The summed E-state index contributed by atoms with van der Waals surface area (Å²) in [6, 6.07) is 0. The molecule has 98 valence electrons. The van der Waals surface area contributed by atoms with E-state index in [1.165, 1.54) is 19.3 Å². The van der Waals surface area contributed by atoms with Crippen LogP contribution in [0, 0.1) is 17.8 Å². The van der Waals surface area contributed by atoms with Gasteiger partial charge in [0.2, 0.25) is 0 Å². The van der Waals surface area contributed by atoms with Crippen molar-refractivity contribution >= 4 is 0 Å². The fraction of sp³-hybridized carbons (Fsp3) is 1.00. The molecule has 0 spiro atoms. The Bertz CT molecular complexity index is 159. The third-order valence-electron chi connectivity index (χ3n) is 3.28. The van der Waals surface area contributed by atoms with Gasteiger partial charge in [-0.15, -0.1) is 0 Å². The lowest BCUT2D eigenvalue weighted by atomic mass is 9.86. The van der Waals surface area contributed by atoms with E-state index in [9.17, 15) is 5.11 Å². The minimum atomic E-state index is -0.532. The monoisotopic (exact) mass is 230 g/mol. The van der Waals surface area contributed by atoms with Crippen molar-refractivity contribution in [2.24, 2.45) is 17.8 Å². The zero-order valence-corrected chi connectivity index (χ0v) is 11.4. The SMILES string of the molecule is CCC[C@@H](C)C[C@@H](C)C[C@@H](C)C[C@H](O)CO. The first-order valence-electron chi connectivity index (χ1n) is 6.78. The molecule has 0 aromatic carbocycles. The molecule has 4 atom stereocenters. The Balaban J connectivity index is 3.72. The first kappa shape index (κ1) is 15.9. The molecule has 0 aliphatic heterocycles. The van der Waals surface area contributed by atoms with E-state index in [1.807, 2.05) is 0 Å². The van der Waals surface area contributed by atoms with Crippen LogP contribution in [0.15, 0.2) is 0 Å². The summed E-state index contributed by atoms with van der Waals surface area (Å²) in [6.07, 6.45) is 5.22. The molecule has 0 aromatic heterocycles. The van der Waals surface area contributed by atoms with E-state index in [-0.39, 0.29) is 6.61 Å². The predicted molar refractivity (Wildman–Crippen MR) is 69.3 cm³/mol. The first-order valence-corrected chi connectivity index (χ1v) is 6.78. The number of rotatable bonds is 9. The molecule has 0 amide bonds. The third kappa shape index (κ3) is 8.12. The van der Waals surface area contributed by atoms with Gasteiger partial charge in [-0.2, -0.15) is 0 Å². The van der Waals surface area contributed by atoms with Crippen LogP contribution in [0.25, 0.3) is 0 Å². The Labute approximate surface area is 101 Å². The van der Waals surface area contributed by atoms with Crippen LogP contribution in [0.4, 0.5) is 0 Å². The molecular formula is C14H30O2. The van der Waals surface area contributed by atoms with E-state index in [0.717, 1.165) is 24.7 Å². The average Bonchev–Trinajstić information content (AvgIpc) is 2.16. The number of aliphatic hydroxyl groups excluding tert-OH is 2. The second kappa shape index (κ2) is 9.00. The van der Waals surface area contributed by atoms with E-state index in [2.05, 4.69) is 27.7 Å². The predicted octanol–water partition coefficient (Wildman–Crippen LogP) is 3.22. The molecule has 0 aromatic rings. The van der Waals surface area contributed by atoms with Crippen molar-refractivity contribution in [3.63, 3.8) is 0 Å². The summed E-state index contributed by atoms with van der Waals surface area (Å²) in [5, 5.41) is 18.1. The molecule has 0 rings (SSSR count). The summed E-state index contributed by atoms with van der Waals surface area (Å²) in [5.41, 5.74) is 0. The molecular weight excluding hydrogens is 200 g/mol. The van der Waals surface area contributed by atoms with Gasteiger partial charge >= 0.3 is 0 Å². The highest BCUT2D eigenvalue weighted by atomic mass is 16.3. The Kier molecular flexibility index (Phi) is 8.96. The van der Waals surface area contributed by atoms with Crippen molar-refractivity contribution in [2.75, 3.05) is 6.61 Å². The van der Waals surface area contributed by atoms with Crippen LogP contribution in [-0.4, -0.2) is 22.9 Å². The van der Waals surface area contributed by atoms with Gasteiger partial charge in [-0.1, -0.05) is 40.5 Å². The van der Waals surface area contributed by atoms with Crippen LogP contribution in [-0.2, 0) is 0 Å². The molecule has 0 saturated carbocycles. The van der Waals surface area contributed by atoms with Crippen molar-refractivity contribution in [3.8, 4) is 0 Å². The minimum absolute atomic E-state index is 0.106. The van der Waals surface area contributed by atoms with Crippen molar-refractivity contribution in [1.82, 2.24) is 0 Å². The highest BCUT2D eigenvalue weighted by molar-refractivity contribution is 4.66. The molecule has 0 fully saturated rings. The molecule has 0 saturated heterocycles. The molecule has 0 radical (unpaired) electrons. The molecule has 16 heavy (non-hydrogen) atoms. The van der Waals surface area contributed by atoms with Crippen LogP contribution in [0.1, 0.15) is 59.8 Å². The normalized spacial score (nSPS) is 19.1. The summed E-state index contributed by atoms with van der Waals surface area (Å²) in [7, 11) is 0. The lowest BCUT2D eigenvalue weighted by Crippen LogP contribution is -2.17. The Morgan fingerprint density at radius 1 is 0.875 bits per heavy atom. The van der Waals surface area contributed by atoms with Crippen molar-refractivity contribution in [3.05, 3.63) is 0 Å². The fourth-order valence-electron chi connectivity index (χ4n) is 2.72. The fourth-order valence-corrected chi connectivity index (χ4v) is 2.72. The summed E-state index contributed by atoms with van der Waals surface area (Å²) < 4.78 is 0. The highest BCUT2D eigenvalue weighted by Gasteiger charge is 2.14. The van der Waals surface area contributed by atoms with Crippen molar-refractivity contribution in [2.45, 2.75) is 65.9 Å². The van der Waals surface area contributed by atoms with Gasteiger partial charge in [-0.3, -0.25) is 0 Å². The van der Waals surface area contributed by atoms with Gasteiger partial charge in [0.15, 0.2) is 0 Å². The van der Waals surface area contributed by atoms with E-state index in [1.54, 1.807) is 0 Å². The topological polar surface area (TPSA) is 40.5 Å². The summed E-state index contributed by atoms with van der Waals surface area (Å²) in [6.45, 7) is 8.92. The molecule has 2 heteroatoms. The van der Waals surface area contributed by atoms with Crippen LogP contribution in [0.3, 0.4) is 0 Å². The Morgan fingerprint density at radius 3 is 1.88 bits per heavy atom. The van der Waals surface area contributed by atoms with Crippen LogP contribution >= 0.6 is 0 Å². The van der Waals surface area contributed by atoms with Crippen LogP contribution in [0.2, 0.25) is 0 Å². The molecule has 0 bridgehead atoms. The maximum Gasteiger partial charge on any atom is 0.0773 e. The van der Waals surface area contributed by atoms with Gasteiger partial charge < -0.3 is 10.2 Å². The van der Waals surface area contributed by atoms with E-state index in [4.69, 9.17) is 5.11 Å². The molecule has 0 unspecified atom stereocenters. The van der Waals surface area contributed by atoms with Crippen LogP contribution in [0.5, 0.6) is 0 Å². The third-order valence-corrected chi connectivity index (χ3v) is 3.28. The van der Waals surface area contributed by atoms with Gasteiger partial charge in [-0.05, 0) is 37.0 Å². The van der Waals surface area contributed by atoms with E-state index < -0.39 is 6.10 Å². The maximum atomic E-state index is 9.36. The van der Waals surface area contributed by atoms with Crippen molar-refractivity contribution < 1.29 is 10.2 Å². The van der Waals surface area contributed by atoms with Crippen LogP contribution < -0.4 is 0 Å². The van der Waals surface area contributed by atoms with Gasteiger partial charge in [0, 0.05) is 0 Å². The van der Waals surface area contributed by atoms with Gasteiger partial charge in [0.25, 0.3) is 0 Å². The van der Waals surface area contributed by atoms with Gasteiger partial charge in [0.1, 0.15) is 0 Å². The standard InChI is InChI=1S/C14H30O2/c1-5-6-11(2)7-12(3)8-13(4)9-14(16)10-15/h11-16H,5-10H2,1-4H3/t11-,12-,13-,14+/m1/s1. The Hall–Kier alpha value is -0.0800. The Morgan fingerprint density at radius 2 is 1.38 bits per heavy atom. The van der Waals surface area contributed by atoms with Gasteiger partial charge in [-0.25, -0.2) is 0 Å². The number of hydrogen-bond donors (Lipinski definition) is 2. The molecule has 0 heterocycles.